The van der Waals surface area contributed by atoms with E-state index in [4.69, 9.17) is 40.2 Å². The number of thiocarbonyl (C=S) groups is 1. The minimum atomic E-state index is -0.591. The predicted molar refractivity (Wildman–Crippen MR) is 115 cm³/mol. The van der Waals surface area contributed by atoms with Gasteiger partial charge in [0.2, 0.25) is 0 Å². The van der Waals surface area contributed by atoms with Gasteiger partial charge in [-0.25, -0.2) is 0 Å². The summed E-state index contributed by atoms with van der Waals surface area (Å²) in [7, 11) is 0. The summed E-state index contributed by atoms with van der Waals surface area (Å²) in [4.78, 5) is 26.8. The summed E-state index contributed by atoms with van der Waals surface area (Å²) in [6.45, 7) is 4.12. The standard InChI is InChI=1S/C20H16Cl2N2O3S/c1-3-27-17-7-5-13(21)8-12(17)9-15-18(25)23-20(28)24(19(15)26)14-6-4-11(2)16(22)10-14/h4-10H,3H2,1-2H3,(H,23,25,28)/b15-9+. The van der Waals surface area contributed by atoms with E-state index < -0.39 is 11.8 Å². The van der Waals surface area contributed by atoms with Gasteiger partial charge in [-0.15, -0.1) is 0 Å². The molecule has 8 heteroatoms. The van der Waals surface area contributed by atoms with Crippen LogP contribution in [0.15, 0.2) is 42.0 Å². The first-order valence-electron chi connectivity index (χ1n) is 8.41. The van der Waals surface area contributed by atoms with Crippen LogP contribution in [-0.4, -0.2) is 23.5 Å². The molecular weight excluding hydrogens is 419 g/mol. The zero-order valence-electron chi connectivity index (χ0n) is 15.1. The average Bonchev–Trinajstić information content (AvgIpc) is 2.63. The van der Waals surface area contributed by atoms with Gasteiger partial charge in [-0.3, -0.25) is 19.8 Å². The number of rotatable bonds is 4. The molecular formula is C20H16Cl2N2O3S. The Morgan fingerprint density at radius 2 is 1.93 bits per heavy atom. The highest BCUT2D eigenvalue weighted by molar-refractivity contribution is 7.80. The van der Waals surface area contributed by atoms with Crippen molar-refractivity contribution in [3.05, 3.63) is 63.1 Å². The average molecular weight is 435 g/mol. The predicted octanol–water partition coefficient (Wildman–Crippen LogP) is 4.53. The number of benzene rings is 2. The number of anilines is 1. The Kier molecular flexibility index (Phi) is 6.03. The van der Waals surface area contributed by atoms with Gasteiger partial charge in [0.15, 0.2) is 5.11 Å². The molecule has 2 aromatic carbocycles. The zero-order valence-corrected chi connectivity index (χ0v) is 17.4. The second-order valence-corrected chi connectivity index (χ2v) is 7.24. The van der Waals surface area contributed by atoms with E-state index in [0.29, 0.717) is 33.7 Å². The summed E-state index contributed by atoms with van der Waals surface area (Å²) in [6.07, 6.45) is 1.44. The van der Waals surface area contributed by atoms with Gasteiger partial charge in [-0.2, -0.15) is 0 Å². The molecule has 0 unspecified atom stereocenters. The first-order valence-corrected chi connectivity index (χ1v) is 9.58. The largest absolute Gasteiger partial charge is 0.493 e. The molecule has 0 spiro atoms. The topological polar surface area (TPSA) is 58.6 Å². The molecule has 1 saturated heterocycles. The third-order valence-electron chi connectivity index (χ3n) is 4.09. The molecule has 3 rings (SSSR count). The maximum absolute atomic E-state index is 13.1. The van der Waals surface area contributed by atoms with Crippen molar-refractivity contribution < 1.29 is 14.3 Å². The maximum atomic E-state index is 13.1. The molecule has 0 aromatic heterocycles. The molecule has 1 N–H and O–H groups in total. The van der Waals surface area contributed by atoms with Crippen molar-refractivity contribution in [1.29, 1.82) is 0 Å². The zero-order chi connectivity index (χ0) is 20.4. The fraction of sp³-hybridized carbons (Fsp3) is 0.150. The van der Waals surface area contributed by atoms with Crippen LogP contribution in [0.25, 0.3) is 6.08 Å². The first kappa shape index (κ1) is 20.3. The van der Waals surface area contributed by atoms with E-state index in [1.165, 1.54) is 11.0 Å². The molecule has 0 radical (unpaired) electrons. The number of nitrogens with zero attached hydrogens (tertiary/aromatic N) is 1. The van der Waals surface area contributed by atoms with E-state index in [2.05, 4.69) is 5.32 Å². The number of nitrogens with one attached hydrogen (secondary N) is 1. The quantitative estimate of drug-likeness (QED) is 0.436. The molecule has 2 aromatic rings. The monoisotopic (exact) mass is 434 g/mol. The summed E-state index contributed by atoms with van der Waals surface area (Å²) < 4.78 is 5.56. The number of halogens is 2. The Bertz CT molecular complexity index is 1020. The molecule has 1 heterocycles. The van der Waals surface area contributed by atoms with Crippen LogP contribution in [0.1, 0.15) is 18.1 Å². The summed E-state index contributed by atoms with van der Waals surface area (Å²) >= 11 is 17.5. The van der Waals surface area contributed by atoms with Crippen molar-refractivity contribution in [2.45, 2.75) is 13.8 Å². The Morgan fingerprint density at radius 3 is 2.61 bits per heavy atom. The third kappa shape index (κ3) is 4.04. The number of carbonyl (C=O) groups is 2. The van der Waals surface area contributed by atoms with Crippen LogP contribution in [0, 0.1) is 6.92 Å². The molecule has 0 bridgehead atoms. The number of aryl methyl sites for hydroxylation is 1. The minimum Gasteiger partial charge on any atom is -0.493 e. The SMILES string of the molecule is CCOc1ccc(Cl)cc1/C=C1\C(=O)NC(=S)N(c2ccc(C)c(Cl)c2)C1=O. The number of hydrogen-bond acceptors (Lipinski definition) is 4. The fourth-order valence-corrected chi connectivity index (χ4v) is 3.32. The Balaban J connectivity index is 2.06. The summed E-state index contributed by atoms with van der Waals surface area (Å²) in [5.74, 6) is -0.638. The Labute approximate surface area is 177 Å². The van der Waals surface area contributed by atoms with E-state index in [1.54, 1.807) is 36.4 Å². The number of ether oxygens (including phenoxy) is 1. The molecule has 28 heavy (non-hydrogen) atoms. The highest BCUT2D eigenvalue weighted by Crippen LogP contribution is 2.29. The molecule has 0 saturated carbocycles. The summed E-state index contributed by atoms with van der Waals surface area (Å²) in [6, 6.07) is 10.1. The van der Waals surface area contributed by atoms with Crippen LogP contribution in [0.4, 0.5) is 5.69 Å². The Morgan fingerprint density at radius 1 is 1.18 bits per heavy atom. The highest BCUT2D eigenvalue weighted by atomic mass is 35.5. The third-order valence-corrected chi connectivity index (χ3v) is 5.01. The fourth-order valence-electron chi connectivity index (χ4n) is 2.69. The Hall–Kier alpha value is -2.41. The van der Waals surface area contributed by atoms with Gasteiger partial charge in [-0.05, 0) is 68.0 Å². The van der Waals surface area contributed by atoms with Crippen LogP contribution in [0.3, 0.4) is 0 Å². The molecule has 144 valence electrons. The number of amides is 2. The van der Waals surface area contributed by atoms with Crippen molar-refractivity contribution in [3.63, 3.8) is 0 Å². The van der Waals surface area contributed by atoms with Crippen LogP contribution >= 0.6 is 35.4 Å². The van der Waals surface area contributed by atoms with Crippen LogP contribution in [-0.2, 0) is 9.59 Å². The van der Waals surface area contributed by atoms with Crippen molar-refractivity contribution in [2.75, 3.05) is 11.5 Å². The second-order valence-electron chi connectivity index (χ2n) is 6.01. The van der Waals surface area contributed by atoms with Crippen LogP contribution < -0.4 is 15.0 Å². The minimum absolute atomic E-state index is 0.0109. The van der Waals surface area contributed by atoms with Crippen molar-refractivity contribution in [3.8, 4) is 5.75 Å². The molecule has 0 aliphatic carbocycles. The van der Waals surface area contributed by atoms with Gasteiger partial charge in [-0.1, -0.05) is 29.3 Å². The smallest absolute Gasteiger partial charge is 0.270 e. The molecule has 5 nitrogen and oxygen atoms in total. The van der Waals surface area contributed by atoms with Gasteiger partial charge in [0.25, 0.3) is 11.8 Å². The van der Waals surface area contributed by atoms with Gasteiger partial charge in [0.05, 0.1) is 12.3 Å². The first-order chi connectivity index (χ1) is 13.3. The van der Waals surface area contributed by atoms with Crippen molar-refractivity contribution >= 4 is 64.1 Å². The summed E-state index contributed by atoms with van der Waals surface area (Å²) in [5.41, 5.74) is 1.75. The molecule has 2 amide bonds. The lowest BCUT2D eigenvalue weighted by molar-refractivity contribution is -0.122. The van der Waals surface area contributed by atoms with Gasteiger partial charge >= 0.3 is 0 Å². The van der Waals surface area contributed by atoms with Crippen molar-refractivity contribution in [1.82, 2.24) is 5.32 Å². The lowest BCUT2D eigenvalue weighted by Crippen LogP contribution is -2.54. The number of hydrogen-bond donors (Lipinski definition) is 1. The van der Waals surface area contributed by atoms with E-state index in [9.17, 15) is 9.59 Å². The van der Waals surface area contributed by atoms with E-state index in [1.807, 2.05) is 13.8 Å². The van der Waals surface area contributed by atoms with E-state index in [0.717, 1.165) is 5.56 Å². The van der Waals surface area contributed by atoms with Gasteiger partial charge in [0, 0.05) is 15.6 Å². The lowest BCUT2D eigenvalue weighted by atomic mass is 10.1. The van der Waals surface area contributed by atoms with Crippen LogP contribution in [0.5, 0.6) is 5.75 Å². The van der Waals surface area contributed by atoms with E-state index in [-0.39, 0.29) is 10.7 Å². The van der Waals surface area contributed by atoms with Gasteiger partial charge < -0.3 is 4.74 Å². The normalized spacial score (nSPS) is 15.8. The van der Waals surface area contributed by atoms with Crippen molar-refractivity contribution in [2.24, 2.45) is 0 Å². The maximum Gasteiger partial charge on any atom is 0.270 e. The lowest BCUT2D eigenvalue weighted by Gasteiger charge is -2.29. The molecule has 1 aliphatic heterocycles. The van der Waals surface area contributed by atoms with E-state index >= 15 is 0 Å². The molecule has 1 fully saturated rings. The second kappa shape index (κ2) is 8.31. The molecule has 0 atom stereocenters. The summed E-state index contributed by atoms with van der Waals surface area (Å²) in [5, 5.41) is 3.48. The molecule has 1 aliphatic rings. The van der Waals surface area contributed by atoms with Crippen LogP contribution in [0.2, 0.25) is 10.0 Å². The highest BCUT2D eigenvalue weighted by Gasteiger charge is 2.34. The van der Waals surface area contributed by atoms with Gasteiger partial charge in [0.1, 0.15) is 11.3 Å². The number of carbonyl (C=O) groups excluding carboxylic acids is 2.